The second kappa shape index (κ2) is 4.57. The number of aliphatic hydroxyl groups is 1. The van der Waals surface area contributed by atoms with E-state index in [-0.39, 0.29) is 12.1 Å². The van der Waals surface area contributed by atoms with Gasteiger partial charge in [0.1, 0.15) is 9.34 Å². The Balaban J connectivity index is 1.82. The van der Waals surface area contributed by atoms with E-state index in [4.69, 9.17) is 11.6 Å². The number of rotatable bonds is 3. The molecule has 5 heteroatoms. The molecule has 3 nitrogen and oxygen atoms in total. The Morgan fingerprint density at radius 2 is 2.50 bits per heavy atom. The second-order valence-corrected chi connectivity index (χ2v) is 5.29. The Morgan fingerprint density at radius 1 is 1.64 bits per heavy atom. The summed E-state index contributed by atoms with van der Waals surface area (Å²) in [5, 5.41) is 13.8. The highest BCUT2D eigenvalue weighted by Crippen LogP contribution is 2.21. The lowest BCUT2D eigenvalue weighted by atomic mass is 10.2. The average molecular weight is 233 g/mol. The zero-order valence-corrected chi connectivity index (χ0v) is 9.31. The van der Waals surface area contributed by atoms with Crippen molar-refractivity contribution in [2.75, 3.05) is 0 Å². The number of nitrogens with one attached hydrogen (secondary N) is 1. The summed E-state index contributed by atoms with van der Waals surface area (Å²) in [5.74, 6) is 0. The highest BCUT2D eigenvalue weighted by molar-refractivity contribution is 7.15. The maximum absolute atomic E-state index is 9.57. The van der Waals surface area contributed by atoms with E-state index in [1.54, 1.807) is 6.20 Å². The van der Waals surface area contributed by atoms with Gasteiger partial charge in [-0.15, -0.1) is 11.3 Å². The first-order valence-corrected chi connectivity index (χ1v) is 5.97. The van der Waals surface area contributed by atoms with Gasteiger partial charge in [-0.2, -0.15) is 0 Å². The average Bonchev–Trinajstić information content (AvgIpc) is 2.72. The molecule has 0 spiro atoms. The molecule has 0 bridgehead atoms. The van der Waals surface area contributed by atoms with E-state index in [1.807, 2.05) is 0 Å². The van der Waals surface area contributed by atoms with E-state index < -0.39 is 0 Å². The normalized spacial score (nSPS) is 27.0. The van der Waals surface area contributed by atoms with Crippen LogP contribution < -0.4 is 5.32 Å². The van der Waals surface area contributed by atoms with Gasteiger partial charge in [0, 0.05) is 12.6 Å². The first-order valence-electron chi connectivity index (χ1n) is 4.77. The number of nitrogens with zero attached hydrogens (tertiary/aromatic N) is 1. The minimum Gasteiger partial charge on any atom is -0.392 e. The molecule has 0 saturated heterocycles. The van der Waals surface area contributed by atoms with Gasteiger partial charge in [-0.1, -0.05) is 11.6 Å². The monoisotopic (exact) mass is 232 g/mol. The number of aliphatic hydroxyl groups excluding tert-OH is 1. The van der Waals surface area contributed by atoms with Gasteiger partial charge in [0.25, 0.3) is 0 Å². The lowest BCUT2D eigenvalue weighted by Gasteiger charge is -2.14. The number of hydrogen-bond donors (Lipinski definition) is 2. The largest absolute Gasteiger partial charge is 0.392 e. The molecule has 1 heterocycles. The quantitative estimate of drug-likeness (QED) is 0.836. The minimum absolute atomic E-state index is 0.189. The van der Waals surface area contributed by atoms with E-state index in [0.717, 1.165) is 24.3 Å². The van der Waals surface area contributed by atoms with Gasteiger partial charge in [0.2, 0.25) is 0 Å². The summed E-state index contributed by atoms with van der Waals surface area (Å²) in [5.41, 5.74) is 0. The molecular formula is C9H13ClN2OS. The summed E-state index contributed by atoms with van der Waals surface area (Å²) in [6, 6.07) is 0.234. The number of aromatic nitrogens is 1. The van der Waals surface area contributed by atoms with Crippen molar-refractivity contribution in [2.45, 2.75) is 38.0 Å². The van der Waals surface area contributed by atoms with Crippen LogP contribution in [-0.4, -0.2) is 22.2 Å². The van der Waals surface area contributed by atoms with Crippen LogP contribution in [-0.2, 0) is 6.54 Å². The van der Waals surface area contributed by atoms with E-state index >= 15 is 0 Å². The molecule has 2 unspecified atom stereocenters. The fraction of sp³-hybridized carbons (Fsp3) is 0.667. The third-order valence-corrected chi connectivity index (χ3v) is 3.64. The SMILES string of the molecule is OC1CCCC1NCc1ncc(Cl)s1. The highest BCUT2D eigenvalue weighted by Gasteiger charge is 2.24. The molecule has 2 rings (SSSR count). The van der Waals surface area contributed by atoms with E-state index in [0.29, 0.717) is 10.9 Å². The first-order chi connectivity index (χ1) is 6.75. The summed E-state index contributed by atoms with van der Waals surface area (Å²) in [4.78, 5) is 4.14. The molecule has 2 N–H and O–H groups in total. The van der Waals surface area contributed by atoms with Gasteiger partial charge in [-0.25, -0.2) is 4.98 Å². The number of thiazole rings is 1. The molecule has 1 aromatic rings. The van der Waals surface area contributed by atoms with Crippen LogP contribution in [0.2, 0.25) is 4.34 Å². The van der Waals surface area contributed by atoms with Crippen molar-refractivity contribution in [3.05, 3.63) is 15.5 Å². The predicted molar refractivity (Wildman–Crippen MR) is 57.6 cm³/mol. The third kappa shape index (κ3) is 2.45. The van der Waals surface area contributed by atoms with Crippen molar-refractivity contribution in [3.8, 4) is 0 Å². The lowest BCUT2D eigenvalue weighted by Crippen LogP contribution is -2.34. The molecular weight excluding hydrogens is 220 g/mol. The summed E-state index contributed by atoms with van der Waals surface area (Å²) < 4.78 is 0.716. The molecule has 1 saturated carbocycles. The molecule has 1 fully saturated rings. The van der Waals surface area contributed by atoms with Crippen LogP contribution in [0.5, 0.6) is 0 Å². The summed E-state index contributed by atoms with van der Waals surface area (Å²) >= 11 is 7.25. The van der Waals surface area contributed by atoms with Gasteiger partial charge in [0.15, 0.2) is 0 Å². The first kappa shape index (κ1) is 10.4. The summed E-state index contributed by atoms with van der Waals surface area (Å²) in [7, 11) is 0. The van der Waals surface area contributed by atoms with Crippen LogP contribution in [0, 0.1) is 0 Å². The van der Waals surface area contributed by atoms with Crippen molar-refractivity contribution in [2.24, 2.45) is 0 Å². The van der Waals surface area contributed by atoms with Gasteiger partial charge >= 0.3 is 0 Å². The number of hydrogen-bond acceptors (Lipinski definition) is 4. The maximum atomic E-state index is 9.57. The fourth-order valence-corrected chi connectivity index (χ4v) is 2.67. The molecule has 1 aliphatic carbocycles. The molecule has 0 radical (unpaired) electrons. The van der Waals surface area contributed by atoms with Crippen molar-refractivity contribution in [3.63, 3.8) is 0 Å². The zero-order valence-electron chi connectivity index (χ0n) is 7.74. The van der Waals surface area contributed by atoms with Gasteiger partial charge in [-0.05, 0) is 19.3 Å². The molecule has 1 aliphatic rings. The number of halogens is 1. The van der Waals surface area contributed by atoms with Crippen LogP contribution in [0.15, 0.2) is 6.20 Å². The molecule has 0 aromatic carbocycles. The molecule has 1 aromatic heterocycles. The van der Waals surface area contributed by atoms with E-state index in [9.17, 15) is 5.11 Å². The predicted octanol–water partition coefficient (Wildman–Crippen LogP) is 1.80. The lowest BCUT2D eigenvalue weighted by molar-refractivity contribution is 0.148. The van der Waals surface area contributed by atoms with E-state index in [2.05, 4.69) is 10.3 Å². The van der Waals surface area contributed by atoms with Crippen LogP contribution in [0.25, 0.3) is 0 Å². The Kier molecular flexibility index (Phi) is 3.38. The molecule has 0 aliphatic heterocycles. The molecule has 0 amide bonds. The molecule has 2 atom stereocenters. The Bertz CT molecular complexity index is 305. The van der Waals surface area contributed by atoms with Crippen LogP contribution in [0.4, 0.5) is 0 Å². The van der Waals surface area contributed by atoms with Crippen molar-refractivity contribution < 1.29 is 5.11 Å². The molecule has 14 heavy (non-hydrogen) atoms. The van der Waals surface area contributed by atoms with Crippen molar-refractivity contribution in [1.29, 1.82) is 0 Å². The van der Waals surface area contributed by atoms with Crippen LogP contribution in [0.1, 0.15) is 24.3 Å². The van der Waals surface area contributed by atoms with Crippen molar-refractivity contribution >= 4 is 22.9 Å². The van der Waals surface area contributed by atoms with Gasteiger partial charge in [0.05, 0.1) is 12.3 Å². The molecule has 78 valence electrons. The maximum Gasteiger partial charge on any atom is 0.113 e. The standard InChI is InChI=1S/C9H13ClN2OS/c10-8-4-12-9(14-8)5-11-6-2-1-3-7(6)13/h4,6-7,11,13H,1-3,5H2. The Hall–Kier alpha value is -0.160. The van der Waals surface area contributed by atoms with E-state index in [1.165, 1.54) is 11.3 Å². The summed E-state index contributed by atoms with van der Waals surface area (Å²) in [6.07, 6.45) is 4.55. The van der Waals surface area contributed by atoms with Gasteiger partial charge < -0.3 is 10.4 Å². The third-order valence-electron chi connectivity index (χ3n) is 2.52. The second-order valence-electron chi connectivity index (χ2n) is 3.54. The highest BCUT2D eigenvalue weighted by atomic mass is 35.5. The van der Waals surface area contributed by atoms with Crippen LogP contribution >= 0.6 is 22.9 Å². The van der Waals surface area contributed by atoms with Crippen LogP contribution in [0.3, 0.4) is 0 Å². The Morgan fingerprint density at radius 3 is 3.07 bits per heavy atom. The smallest absolute Gasteiger partial charge is 0.113 e. The summed E-state index contributed by atoms with van der Waals surface area (Å²) in [6.45, 7) is 0.707. The topological polar surface area (TPSA) is 45.1 Å². The fourth-order valence-electron chi connectivity index (χ4n) is 1.77. The Labute approximate surface area is 92.1 Å². The van der Waals surface area contributed by atoms with Gasteiger partial charge in [-0.3, -0.25) is 0 Å². The zero-order chi connectivity index (χ0) is 9.97. The minimum atomic E-state index is -0.189. The van der Waals surface area contributed by atoms with Crippen molar-refractivity contribution in [1.82, 2.24) is 10.3 Å².